The van der Waals surface area contributed by atoms with Crippen LogP contribution in [0.3, 0.4) is 0 Å². The molecule has 5 nitrogen and oxygen atoms in total. The van der Waals surface area contributed by atoms with E-state index in [0.717, 1.165) is 11.6 Å². The smallest absolute Gasteiger partial charge is 0.396 e. The number of imidazole rings is 1. The van der Waals surface area contributed by atoms with Crippen molar-refractivity contribution in [2.45, 2.75) is 25.4 Å². The summed E-state index contributed by atoms with van der Waals surface area (Å²) in [5, 5.41) is 8.71. The quantitative estimate of drug-likeness (QED) is 0.363. The lowest BCUT2D eigenvalue weighted by atomic mass is 10.1. The van der Waals surface area contributed by atoms with Gasteiger partial charge >= 0.3 is 6.18 Å². The number of nitrogens with zero attached hydrogens (tertiary/aromatic N) is 3. The van der Waals surface area contributed by atoms with Gasteiger partial charge in [0.15, 0.2) is 5.78 Å². The number of hydrogen-bond donors (Lipinski definition) is 1. The van der Waals surface area contributed by atoms with Crippen molar-refractivity contribution in [3.63, 3.8) is 0 Å². The average Bonchev–Trinajstić information content (AvgIpc) is 3.15. The predicted molar refractivity (Wildman–Crippen MR) is 119 cm³/mol. The number of ketones is 1. The second-order valence-electron chi connectivity index (χ2n) is 7.49. The van der Waals surface area contributed by atoms with Crippen LogP contribution in [0.1, 0.15) is 33.7 Å². The van der Waals surface area contributed by atoms with Crippen molar-refractivity contribution < 1.29 is 23.1 Å². The molecule has 0 radical (unpaired) electrons. The maximum absolute atomic E-state index is 13.4. The number of alkyl halides is 3. The largest absolute Gasteiger partial charge is 0.417 e. The van der Waals surface area contributed by atoms with E-state index in [1.807, 2.05) is 12.1 Å². The Labute approximate surface area is 192 Å². The van der Waals surface area contributed by atoms with Gasteiger partial charge in [-0.2, -0.15) is 13.2 Å². The lowest BCUT2D eigenvalue weighted by Crippen LogP contribution is -2.07. The summed E-state index contributed by atoms with van der Waals surface area (Å²) in [6.45, 7) is 0.00485. The third-order valence-electron chi connectivity index (χ3n) is 5.27. The van der Waals surface area contributed by atoms with Gasteiger partial charge in [-0.15, -0.1) is 0 Å². The van der Waals surface area contributed by atoms with Gasteiger partial charge in [-0.1, -0.05) is 23.7 Å². The fourth-order valence-electron chi connectivity index (χ4n) is 3.66. The summed E-state index contributed by atoms with van der Waals surface area (Å²) in [6, 6.07) is 12.8. The van der Waals surface area contributed by atoms with Gasteiger partial charge < -0.3 is 5.11 Å². The molecule has 2 aromatic carbocycles. The Hall–Kier alpha value is -3.23. The highest BCUT2D eigenvalue weighted by atomic mass is 35.5. The predicted octanol–water partition coefficient (Wildman–Crippen LogP) is 5.44. The second kappa shape index (κ2) is 9.33. The molecular formula is C24H19ClF3N3O2. The standard InChI is InChI=1S/C24H19ClF3N3O2/c25-19-13-21-20(12-18(19)24(26,27)28)30-23(8-7-22(33)16-2-1-10-29-14-16)31(21)17-5-3-15(4-6-17)9-11-32/h1-6,10,12-14,32H,7-9,11H2. The van der Waals surface area contributed by atoms with Gasteiger partial charge in [-0.25, -0.2) is 4.98 Å². The second-order valence-corrected chi connectivity index (χ2v) is 7.89. The third kappa shape index (κ3) is 4.91. The molecule has 0 unspecified atom stereocenters. The number of carbonyl (C=O) groups is 1. The van der Waals surface area contributed by atoms with Crippen molar-refractivity contribution in [1.82, 2.24) is 14.5 Å². The fraction of sp³-hybridized carbons (Fsp3) is 0.208. The maximum atomic E-state index is 13.4. The van der Waals surface area contributed by atoms with E-state index in [0.29, 0.717) is 29.0 Å². The number of aliphatic hydroxyl groups excluding tert-OH is 1. The molecule has 0 saturated carbocycles. The lowest BCUT2D eigenvalue weighted by molar-refractivity contribution is -0.137. The van der Waals surface area contributed by atoms with Crippen molar-refractivity contribution in [2.75, 3.05) is 6.61 Å². The zero-order valence-corrected chi connectivity index (χ0v) is 18.1. The van der Waals surface area contributed by atoms with E-state index in [-0.39, 0.29) is 30.7 Å². The first-order chi connectivity index (χ1) is 15.8. The molecule has 0 amide bonds. The molecule has 9 heteroatoms. The van der Waals surface area contributed by atoms with E-state index in [1.165, 1.54) is 12.3 Å². The molecule has 0 aliphatic carbocycles. The third-order valence-corrected chi connectivity index (χ3v) is 5.59. The average molecular weight is 474 g/mol. The van der Waals surface area contributed by atoms with Crippen molar-refractivity contribution in [1.29, 1.82) is 0 Å². The van der Waals surface area contributed by atoms with E-state index >= 15 is 0 Å². The van der Waals surface area contributed by atoms with Crippen LogP contribution < -0.4 is 0 Å². The summed E-state index contributed by atoms with van der Waals surface area (Å²) in [4.78, 5) is 20.9. The number of aliphatic hydroxyl groups is 1. The van der Waals surface area contributed by atoms with Crippen LogP contribution in [-0.2, 0) is 19.0 Å². The number of pyridine rings is 1. The summed E-state index contributed by atoms with van der Waals surface area (Å²) in [5.41, 5.74) is 1.62. The van der Waals surface area contributed by atoms with Gasteiger partial charge in [-0.3, -0.25) is 14.3 Å². The Morgan fingerprint density at radius 2 is 1.85 bits per heavy atom. The van der Waals surface area contributed by atoms with Crippen LogP contribution in [-0.4, -0.2) is 32.0 Å². The summed E-state index contributed by atoms with van der Waals surface area (Å²) in [7, 11) is 0. The normalized spacial score (nSPS) is 11.8. The Bertz CT molecular complexity index is 1290. The van der Waals surface area contributed by atoms with Crippen LogP contribution in [0.25, 0.3) is 16.7 Å². The number of halogens is 4. The number of aromatic nitrogens is 3. The van der Waals surface area contributed by atoms with Crippen LogP contribution in [0, 0.1) is 0 Å². The van der Waals surface area contributed by atoms with Gasteiger partial charge in [0.25, 0.3) is 0 Å². The van der Waals surface area contributed by atoms with E-state index < -0.39 is 16.8 Å². The number of rotatable bonds is 7. The Morgan fingerprint density at radius 3 is 2.48 bits per heavy atom. The summed E-state index contributed by atoms with van der Waals surface area (Å²) in [6.07, 6.45) is -0.772. The Kier molecular flexibility index (Phi) is 6.49. The van der Waals surface area contributed by atoms with Gasteiger partial charge in [0.2, 0.25) is 0 Å². The van der Waals surface area contributed by atoms with Gasteiger partial charge in [0, 0.05) is 43.1 Å². The molecule has 4 aromatic rings. The van der Waals surface area contributed by atoms with E-state index in [1.54, 1.807) is 35.0 Å². The highest BCUT2D eigenvalue weighted by molar-refractivity contribution is 6.32. The van der Waals surface area contributed by atoms with Crippen LogP contribution in [0.4, 0.5) is 13.2 Å². The van der Waals surface area contributed by atoms with Gasteiger partial charge in [0.1, 0.15) is 5.82 Å². The number of benzene rings is 2. The molecule has 0 spiro atoms. The topological polar surface area (TPSA) is 68.0 Å². The molecule has 0 aliphatic rings. The summed E-state index contributed by atoms with van der Waals surface area (Å²) < 4.78 is 41.8. The fourth-order valence-corrected chi connectivity index (χ4v) is 3.92. The maximum Gasteiger partial charge on any atom is 0.417 e. The van der Waals surface area contributed by atoms with Gasteiger partial charge in [0.05, 0.1) is 21.6 Å². The molecule has 0 aliphatic heterocycles. The zero-order chi connectivity index (χ0) is 23.6. The highest BCUT2D eigenvalue weighted by Gasteiger charge is 2.34. The van der Waals surface area contributed by atoms with Crippen molar-refractivity contribution in [3.05, 3.63) is 88.5 Å². The van der Waals surface area contributed by atoms with Crippen LogP contribution in [0.5, 0.6) is 0 Å². The SMILES string of the molecule is O=C(CCc1nc2cc(C(F)(F)F)c(Cl)cc2n1-c1ccc(CCO)cc1)c1cccnc1. The van der Waals surface area contributed by atoms with Gasteiger partial charge in [-0.05, 0) is 48.4 Å². The summed E-state index contributed by atoms with van der Waals surface area (Å²) >= 11 is 5.98. The molecule has 33 heavy (non-hydrogen) atoms. The molecule has 0 atom stereocenters. The molecule has 2 aromatic heterocycles. The monoisotopic (exact) mass is 473 g/mol. The van der Waals surface area contributed by atoms with E-state index in [2.05, 4.69) is 9.97 Å². The number of fused-ring (bicyclic) bond motifs is 1. The number of carbonyl (C=O) groups excluding carboxylic acids is 1. The molecule has 0 bridgehead atoms. The number of Topliss-reactive ketones (excluding diaryl/α,β-unsaturated/α-hetero) is 1. The lowest BCUT2D eigenvalue weighted by Gasteiger charge is -2.12. The first-order valence-electron chi connectivity index (χ1n) is 10.2. The Balaban J connectivity index is 1.78. The number of hydrogen-bond acceptors (Lipinski definition) is 4. The van der Waals surface area contributed by atoms with Crippen molar-refractivity contribution >= 4 is 28.4 Å². The molecule has 4 rings (SSSR count). The van der Waals surface area contributed by atoms with Crippen LogP contribution in [0.15, 0.2) is 60.9 Å². The Morgan fingerprint density at radius 1 is 1.09 bits per heavy atom. The first kappa shape index (κ1) is 22.9. The molecule has 0 fully saturated rings. The first-order valence-corrected chi connectivity index (χ1v) is 10.6. The molecular weight excluding hydrogens is 455 g/mol. The number of aryl methyl sites for hydroxylation is 1. The van der Waals surface area contributed by atoms with Crippen LogP contribution >= 0.6 is 11.6 Å². The minimum Gasteiger partial charge on any atom is -0.396 e. The van der Waals surface area contributed by atoms with Crippen molar-refractivity contribution in [3.8, 4) is 5.69 Å². The molecule has 0 saturated heterocycles. The van der Waals surface area contributed by atoms with E-state index in [4.69, 9.17) is 16.7 Å². The highest BCUT2D eigenvalue weighted by Crippen LogP contribution is 2.38. The van der Waals surface area contributed by atoms with E-state index in [9.17, 15) is 18.0 Å². The van der Waals surface area contributed by atoms with Crippen LogP contribution in [0.2, 0.25) is 5.02 Å². The molecule has 1 N–H and O–H groups in total. The molecule has 2 heterocycles. The minimum atomic E-state index is -4.61. The minimum absolute atomic E-state index is 0.00485. The zero-order valence-electron chi connectivity index (χ0n) is 17.3. The summed E-state index contributed by atoms with van der Waals surface area (Å²) in [5.74, 6) is 0.293. The molecule has 170 valence electrons. The van der Waals surface area contributed by atoms with Crippen molar-refractivity contribution in [2.24, 2.45) is 0 Å².